The fourth-order valence-electron chi connectivity index (χ4n) is 1.32. The summed E-state index contributed by atoms with van der Waals surface area (Å²) in [5.41, 5.74) is 5.78. The maximum absolute atomic E-state index is 11.5. The van der Waals surface area contributed by atoms with E-state index in [0.717, 1.165) is 12.8 Å². The molecular formula is C9H17N5O. The zero-order valence-corrected chi connectivity index (χ0v) is 8.86. The minimum atomic E-state index is -0.195. The quantitative estimate of drug-likeness (QED) is 0.612. The molecule has 6 heteroatoms. The second-order valence-electron chi connectivity index (χ2n) is 3.42. The lowest BCUT2D eigenvalue weighted by Gasteiger charge is -2.13. The second kappa shape index (κ2) is 6.13. The van der Waals surface area contributed by atoms with Crippen molar-refractivity contribution in [2.45, 2.75) is 19.8 Å². The van der Waals surface area contributed by atoms with Gasteiger partial charge in [0.1, 0.15) is 0 Å². The number of nitrogens with zero attached hydrogens (tertiary/aromatic N) is 2. The Labute approximate surface area is 88.6 Å². The standard InChI is InChI=1S/C9H17N5O/c1-2-7(3-4-10)5-11-9(15)8-6-12-14-13-8/h6-7H,2-5,10H2,1H3,(H,11,15)(H,12,13,14). The molecule has 0 saturated heterocycles. The summed E-state index contributed by atoms with van der Waals surface area (Å²) in [5.74, 6) is 0.241. The highest BCUT2D eigenvalue weighted by atomic mass is 16.1. The van der Waals surface area contributed by atoms with E-state index in [1.54, 1.807) is 0 Å². The zero-order chi connectivity index (χ0) is 11.1. The first-order valence-electron chi connectivity index (χ1n) is 5.12. The molecule has 1 unspecified atom stereocenters. The number of nitrogens with one attached hydrogen (secondary N) is 2. The average molecular weight is 211 g/mol. The predicted octanol–water partition coefficient (Wildman–Crippen LogP) is -0.0905. The molecule has 0 aliphatic heterocycles. The Balaban J connectivity index is 2.33. The van der Waals surface area contributed by atoms with Crippen molar-refractivity contribution < 1.29 is 4.79 Å². The Morgan fingerprint density at radius 1 is 1.73 bits per heavy atom. The molecule has 1 aromatic rings. The Morgan fingerprint density at radius 3 is 3.07 bits per heavy atom. The third-order valence-corrected chi connectivity index (χ3v) is 2.35. The van der Waals surface area contributed by atoms with Gasteiger partial charge in [-0.25, -0.2) is 0 Å². The maximum Gasteiger partial charge on any atom is 0.273 e. The van der Waals surface area contributed by atoms with E-state index in [4.69, 9.17) is 5.73 Å². The summed E-state index contributed by atoms with van der Waals surface area (Å²) in [4.78, 5) is 11.5. The first kappa shape index (κ1) is 11.6. The third kappa shape index (κ3) is 3.67. The van der Waals surface area contributed by atoms with Crippen LogP contribution in [-0.4, -0.2) is 34.4 Å². The van der Waals surface area contributed by atoms with Crippen LogP contribution in [0.15, 0.2) is 6.20 Å². The number of hydrogen-bond donors (Lipinski definition) is 3. The number of hydrogen-bond acceptors (Lipinski definition) is 4. The monoisotopic (exact) mass is 211 g/mol. The molecule has 0 spiro atoms. The highest BCUT2D eigenvalue weighted by Gasteiger charge is 2.11. The van der Waals surface area contributed by atoms with Crippen molar-refractivity contribution in [3.8, 4) is 0 Å². The van der Waals surface area contributed by atoms with Crippen LogP contribution in [0.3, 0.4) is 0 Å². The summed E-state index contributed by atoms with van der Waals surface area (Å²) in [6, 6.07) is 0. The highest BCUT2D eigenvalue weighted by molar-refractivity contribution is 5.91. The lowest BCUT2D eigenvalue weighted by Crippen LogP contribution is -2.30. The highest BCUT2D eigenvalue weighted by Crippen LogP contribution is 2.05. The van der Waals surface area contributed by atoms with Gasteiger partial charge in [0.25, 0.3) is 5.91 Å². The third-order valence-electron chi connectivity index (χ3n) is 2.35. The van der Waals surface area contributed by atoms with Gasteiger partial charge in [-0.2, -0.15) is 15.4 Å². The predicted molar refractivity (Wildman–Crippen MR) is 56.2 cm³/mol. The maximum atomic E-state index is 11.5. The number of nitrogens with two attached hydrogens (primary N) is 1. The number of H-pyrrole nitrogens is 1. The molecule has 84 valence electrons. The van der Waals surface area contributed by atoms with Crippen LogP contribution < -0.4 is 11.1 Å². The smallest absolute Gasteiger partial charge is 0.273 e. The molecule has 1 heterocycles. The van der Waals surface area contributed by atoms with Crippen molar-refractivity contribution >= 4 is 5.91 Å². The fourth-order valence-corrected chi connectivity index (χ4v) is 1.32. The molecule has 0 bridgehead atoms. The minimum Gasteiger partial charge on any atom is -0.350 e. The number of carbonyl (C=O) groups excluding carboxylic acids is 1. The molecule has 6 nitrogen and oxygen atoms in total. The molecule has 0 fully saturated rings. The molecule has 0 saturated carbocycles. The van der Waals surface area contributed by atoms with Gasteiger partial charge < -0.3 is 11.1 Å². The summed E-state index contributed by atoms with van der Waals surface area (Å²) < 4.78 is 0. The second-order valence-corrected chi connectivity index (χ2v) is 3.42. The first-order chi connectivity index (χ1) is 7.27. The summed E-state index contributed by atoms with van der Waals surface area (Å²) in [6.07, 6.45) is 3.34. The van der Waals surface area contributed by atoms with Crippen LogP contribution in [0.1, 0.15) is 30.3 Å². The molecule has 4 N–H and O–H groups in total. The molecule has 1 rings (SSSR count). The van der Waals surface area contributed by atoms with Gasteiger partial charge in [-0.1, -0.05) is 13.3 Å². The Morgan fingerprint density at radius 2 is 2.53 bits per heavy atom. The number of carbonyl (C=O) groups is 1. The van der Waals surface area contributed by atoms with Gasteiger partial charge >= 0.3 is 0 Å². The molecule has 0 aromatic carbocycles. The van der Waals surface area contributed by atoms with Crippen molar-refractivity contribution in [3.63, 3.8) is 0 Å². The van der Waals surface area contributed by atoms with E-state index in [2.05, 4.69) is 27.7 Å². The number of amides is 1. The van der Waals surface area contributed by atoms with Gasteiger partial charge in [0.2, 0.25) is 0 Å². The van der Waals surface area contributed by atoms with Gasteiger partial charge in [0, 0.05) is 6.54 Å². The van der Waals surface area contributed by atoms with Gasteiger partial charge in [-0.3, -0.25) is 4.79 Å². The molecule has 1 atom stereocenters. The number of rotatable bonds is 6. The topological polar surface area (TPSA) is 96.7 Å². The van der Waals surface area contributed by atoms with Gasteiger partial charge in [-0.15, -0.1) is 0 Å². The molecule has 0 aliphatic rings. The van der Waals surface area contributed by atoms with E-state index < -0.39 is 0 Å². The van der Waals surface area contributed by atoms with Gasteiger partial charge in [0.05, 0.1) is 6.20 Å². The van der Waals surface area contributed by atoms with Crippen molar-refractivity contribution in [1.82, 2.24) is 20.7 Å². The number of aromatic nitrogens is 3. The Hall–Kier alpha value is -1.43. The van der Waals surface area contributed by atoms with Crippen LogP contribution in [0.25, 0.3) is 0 Å². The fraction of sp³-hybridized carbons (Fsp3) is 0.667. The molecule has 15 heavy (non-hydrogen) atoms. The SMILES string of the molecule is CCC(CCN)CNC(=O)c1cn[nH]n1. The van der Waals surface area contributed by atoms with Crippen molar-refractivity contribution in [1.29, 1.82) is 0 Å². The van der Waals surface area contributed by atoms with E-state index in [1.165, 1.54) is 6.20 Å². The van der Waals surface area contributed by atoms with Crippen molar-refractivity contribution in [2.75, 3.05) is 13.1 Å². The lowest BCUT2D eigenvalue weighted by atomic mass is 10.0. The normalized spacial score (nSPS) is 12.4. The molecule has 1 aromatic heterocycles. The van der Waals surface area contributed by atoms with Crippen molar-refractivity contribution in [2.24, 2.45) is 11.7 Å². The molecule has 1 amide bonds. The zero-order valence-electron chi connectivity index (χ0n) is 8.86. The van der Waals surface area contributed by atoms with Crippen molar-refractivity contribution in [3.05, 3.63) is 11.9 Å². The van der Waals surface area contributed by atoms with Crippen LogP contribution in [0.4, 0.5) is 0 Å². The van der Waals surface area contributed by atoms with E-state index in [1.807, 2.05) is 0 Å². The van der Waals surface area contributed by atoms with Crippen LogP contribution in [0.2, 0.25) is 0 Å². The summed E-state index contributed by atoms with van der Waals surface area (Å²) in [6.45, 7) is 3.38. The Kier molecular flexibility index (Phi) is 4.76. The molecular weight excluding hydrogens is 194 g/mol. The van der Waals surface area contributed by atoms with Crippen LogP contribution in [0.5, 0.6) is 0 Å². The minimum absolute atomic E-state index is 0.195. The van der Waals surface area contributed by atoms with Gasteiger partial charge in [-0.05, 0) is 18.9 Å². The average Bonchev–Trinajstić information content (AvgIpc) is 2.77. The molecule has 0 radical (unpaired) electrons. The van der Waals surface area contributed by atoms with Gasteiger partial charge in [0.15, 0.2) is 5.69 Å². The van der Waals surface area contributed by atoms with Crippen LogP contribution >= 0.6 is 0 Å². The van der Waals surface area contributed by atoms with E-state index in [-0.39, 0.29) is 5.91 Å². The number of aromatic amines is 1. The summed E-state index contributed by atoms with van der Waals surface area (Å²) >= 11 is 0. The summed E-state index contributed by atoms with van der Waals surface area (Å²) in [5, 5.41) is 12.5. The lowest BCUT2D eigenvalue weighted by molar-refractivity contribution is 0.0941. The van der Waals surface area contributed by atoms with E-state index >= 15 is 0 Å². The Bertz CT molecular complexity index is 285. The first-order valence-corrected chi connectivity index (χ1v) is 5.12. The van der Waals surface area contributed by atoms with Crippen LogP contribution in [-0.2, 0) is 0 Å². The molecule has 0 aliphatic carbocycles. The summed E-state index contributed by atoms with van der Waals surface area (Å²) in [7, 11) is 0. The largest absolute Gasteiger partial charge is 0.350 e. The van der Waals surface area contributed by atoms with Crippen LogP contribution in [0, 0.1) is 5.92 Å². The van der Waals surface area contributed by atoms with E-state index in [0.29, 0.717) is 24.7 Å². The van der Waals surface area contributed by atoms with E-state index in [9.17, 15) is 4.79 Å².